The Morgan fingerprint density at radius 3 is 2.70 bits per heavy atom. The van der Waals surface area contributed by atoms with Gasteiger partial charge in [0.15, 0.2) is 0 Å². The van der Waals surface area contributed by atoms with Crippen LogP contribution in [0.1, 0.15) is 16.8 Å². The average Bonchev–Trinajstić information content (AvgIpc) is 2.43. The minimum Gasteiger partial charge on any atom is -0.496 e. The molecule has 1 aromatic heterocycles. The minimum absolute atomic E-state index is 0.519. The first-order chi connectivity index (χ1) is 9.54. The van der Waals surface area contributed by atoms with Gasteiger partial charge in [0.05, 0.1) is 35.1 Å². The number of nitrogens with one attached hydrogen (secondary N) is 1. The number of benzene rings is 1. The predicted molar refractivity (Wildman–Crippen MR) is 84.1 cm³/mol. The van der Waals surface area contributed by atoms with E-state index < -0.39 is 0 Å². The molecule has 0 amide bonds. The first-order valence-corrected chi connectivity index (χ1v) is 6.97. The number of nitrogens with zero attached hydrogens (tertiary/aromatic N) is 1. The number of ether oxygens (including phenoxy) is 1. The summed E-state index contributed by atoms with van der Waals surface area (Å²) in [6.45, 7) is 4.53. The van der Waals surface area contributed by atoms with E-state index in [1.54, 1.807) is 13.2 Å². The van der Waals surface area contributed by atoms with Crippen LogP contribution < -0.4 is 10.1 Å². The first-order valence-electron chi connectivity index (χ1n) is 6.21. The second-order valence-electron chi connectivity index (χ2n) is 4.50. The SMILES string of the molecule is COc1c(C)cnc(CNc2cccc(Cl)c2Cl)c1C. The van der Waals surface area contributed by atoms with Crippen LogP contribution in [0.15, 0.2) is 24.4 Å². The molecule has 1 aromatic carbocycles. The second-order valence-corrected chi connectivity index (χ2v) is 5.29. The van der Waals surface area contributed by atoms with Crippen molar-refractivity contribution in [2.45, 2.75) is 20.4 Å². The Kier molecular flexibility index (Phi) is 4.73. The summed E-state index contributed by atoms with van der Waals surface area (Å²) in [6, 6.07) is 5.50. The van der Waals surface area contributed by atoms with Crippen LogP contribution >= 0.6 is 23.2 Å². The molecule has 0 spiro atoms. The van der Waals surface area contributed by atoms with Crippen LogP contribution in [0, 0.1) is 13.8 Å². The third-order valence-electron chi connectivity index (χ3n) is 3.15. The number of aryl methyl sites for hydroxylation is 1. The highest BCUT2D eigenvalue weighted by molar-refractivity contribution is 6.43. The lowest BCUT2D eigenvalue weighted by Crippen LogP contribution is -2.06. The number of hydrogen-bond acceptors (Lipinski definition) is 3. The monoisotopic (exact) mass is 310 g/mol. The van der Waals surface area contributed by atoms with Gasteiger partial charge in [-0.15, -0.1) is 0 Å². The summed E-state index contributed by atoms with van der Waals surface area (Å²) >= 11 is 12.1. The highest BCUT2D eigenvalue weighted by Crippen LogP contribution is 2.30. The highest BCUT2D eigenvalue weighted by atomic mass is 35.5. The van der Waals surface area contributed by atoms with Gasteiger partial charge in [-0.25, -0.2) is 0 Å². The molecule has 20 heavy (non-hydrogen) atoms. The number of methoxy groups -OCH3 is 1. The highest BCUT2D eigenvalue weighted by Gasteiger charge is 2.10. The zero-order chi connectivity index (χ0) is 14.7. The van der Waals surface area contributed by atoms with E-state index in [-0.39, 0.29) is 0 Å². The van der Waals surface area contributed by atoms with Crippen molar-refractivity contribution < 1.29 is 4.74 Å². The number of pyridine rings is 1. The van der Waals surface area contributed by atoms with Crippen LogP contribution in [0.2, 0.25) is 10.0 Å². The van der Waals surface area contributed by atoms with E-state index in [4.69, 9.17) is 27.9 Å². The van der Waals surface area contributed by atoms with E-state index in [9.17, 15) is 0 Å². The molecular weight excluding hydrogens is 295 g/mol. The molecule has 2 rings (SSSR count). The Hall–Kier alpha value is -1.45. The van der Waals surface area contributed by atoms with Crippen LogP contribution in [0.4, 0.5) is 5.69 Å². The maximum atomic E-state index is 6.14. The number of aromatic nitrogens is 1. The summed E-state index contributed by atoms with van der Waals surface area (Å²) in [5.74, 6) is 0.869. The summed E-state index contributed by atoms with van der Waals surface area (Å²) < 4.78 is 5.40. The van der Waals surface area contributed by atoms with E-state index in [1.807, 2.05) is 32.2 Å². The fraction of sp³-hybridized carbons (Fsp3) is 0.267. The largest absolute Gasteiger partial charge is 0.496 e. The third kappa shape index (κ3) is 3.00. The number of rotatable bonds is 4. The van der Waals surface area contributed by atoms with Crippen molar-refractivity contribution in [1.29, 1.82) is 0 Å². The van der Waals surface area contributed by atoms with Gasteiger partial charge in [0, 0.05) is 17.3 Å². The number of anilines is 1. The van der Waals surface area contributed by atoms with Gasteiger partial charge >= 0.3 is 0 Å². The maximum Gasteiger partial charge on any atom is 0.128 e. The molecule has 0 fully saturated rings. The molecule has 0 saturated carbocycles. The van der Waals surface area contributed by atoms with Crippen molar-refractivity contribution >= 4 is 28.9 Å². The molecule has 0 bridgehead atoms. The Bertz CT molecular complexity index is 630. The molecule has 0 aliphatic rings. The molecule has 1 heterocycles. The molecule has 5 heteroatoms. The Balaban J connectivity index is 2.21. The van der Waals surface area contributed by atoms with E-state index >= 15 is 0 Å². The van der Waals surface area contributed by atoms with Crippen LogP contribution in [-0.4, -0.2) is 12.1 Å². The molecule has 0 radical (unpaired) electrons. The summed E-state index contributed by atoms with van der Waals surface area (Å²) in [4.78, 5) is 4.44. The topological polar surface area (TPSA) is 34.1 Å². The van der Waals surface area contributed by atoms with Crippen molar-refractivity contribution in [3.05, 3.63) is 51.3 Å². The molecule has 3 nitrogen and oxygen atoms in total. The molecule has 0 aliphatic heterocycles. The van der Waals surface area contributed by atoms with E-state index in [2.05, 4.69) is 10.3 Å². The summed E-state index contributed by atoms with van der Waals surface area (Å²) in [5.41, 5.74) is 3.76. The van der Waals surface area contributed by atoms with Crippen LogP contribution in [0.5, 0.6) is 5.75 Å². The molecule has 2 aromatic rings. The minimum atomic E-state index is 0.519. The first kappa shape index (κ1) is 14.9. The normalized spacial score (nSPS) is 10.4. The van der Waals surface area contributed by atoms with Gasteiger partial charge in [-0.2, -0.15) is 0 Å². The van der Waals surface area contributed by atoms with E-state index in [1.165, 1.54) is 0 Å². The summed E-state index contributed by atoms with van der Waals surface area (Å²) in [5, 5.41) is 4.30. The number of halogens is 2. The van der Waals surface area contributed by atoms with Gasteiger partial charge in [-0.1, -0.05) is 29.3 Å². The van der Waals surface area contributed by atoms with Gasteiger partial charge < -0.3 is 10.1 Å². The van der Waals surface area contributed by atoms with Crippen molar-refractivity contribution in [1.82, 2.24) is 4.98 Å². The Morgan fingerprint density at radius 1 is 1.25 bits per heavy atom. The Labute approximate surface area is 128 Å². The van der Waals surface area contributed by atoms with Crippen molar-refractivity contribution in [2.75, 3.05) is 12.4 Å². The van der Waals surface area contributed by atoms with Gasteiger partial charge in [0.1, 0.15) is 5.75 Å². The molecular formula is C15H16Cl2N2O. The van der Waals surface area contributed by atoms with Gasteiger partial charge in [-0.3, -0.25) is 4.98 Å². The molecule has 1 N–H and O–H groups in total. The van der Waals surface area contributed by atoms with E-state index in [0.717, 1.165) is 28.3 Å². The van der Waals surface area contributed by atoms with Gasteiger partial charge in [0.2, 0.25) is 0 Å². The van der Waals surface area contributed by atoms with Gasteiger partial charge in [0.25, 0.3) is 0 Å². The van der Waals surface area contributed by atoms with Crippen molar-refractivity contribution in [2.24, 2.45) is 0 Å². The fourth-order valence-electron chi connectivity index (χ4n) is 2.07. The summed E-state index contributed by atoms with van der Waals surface area (Å²) in [7, 11) is 1.67. The number of hydrogen-bond donors (Lipinski definition) is 1. The molecule has 0 unspecified atom stereocenters. The van der Waals surface area contributed by atoms with Crippen molar-refractivity contribution in [3.8, 4) is 5.75 Å². The molecule has 106 valence electrons. The van der Waals surface area contributed by atoms with E-state index in [0.29, 0.717) is 16.6 Å². The molecule has 0 aliphatic carbocycles. The lowest BCUT2D eigenvalue weighted by atomic mass is 10.1. The van der Waals surface area contributed by atoms with Crippen molar-refractivity contribution in [3.63, 3.8) is 0 Å². The third-order valence-corrected chi connectivity index (χ3v) is 3.97. The van der Waals surface area contributed by atoms with Crippen LogP contribution in [0.25, 0.3) is 0 Å². The smallest absolute Gasteiger partial charge is 0.128 e. The molecule has 0 atom stereocenters. The lowest BCUT2D eigenvalue weighted by molar-refractivity contribution is 0.407. The maximum absolute atomic E-state index is 6.14. The standard InChI is InChI=1S/C15H16Cl2N2O/c1-9-7-18-13(10(2)15(9)20-3)8-19-12-6-4-5-11(16)14(12)17/h4-7,19H,8H2,1-3H3. The van der Waals surface area contributed by atoms with Crippen LogP contribution in [0.3, 0.4) is 0 Å². The molecule has 0 saturated heterocycles. The zero-order valence-corrected chi connectivity index (χ0v) is 13.1. The Morgan fingerprint density at radius 2 is 2.00 bits per heavy atom. The fourth-order valence-corrected chi connectivity index (χ4v) is 2.44. The van der Waals surface area contributed by atoms with Gasteiger partial charge in [-0.05, 0) is 26.0 Å². The summed E-state index contributed by atoms with van der Waals surface area (Å²) in [6.07, 6.45) is 1.81. The zero-order valence-electron chi connectivity index (χ0n) is 11.6. The quantitative estimate of drug-likeness (QED) is 0.894. The average molecular weight is 311 g/mol. The van der Waals surface area contributed by atoms with Crippen LogP contribution in [-0.2, 0) is 6.54 Å². The second kappa shape index (κ2) is 6.33. The predicted octanol–water partition coefficient (Wildman–Crippen LogP) is 4.63. The lowest BCUT2D eigenvalue weighted by Gasteiger charge is -2.14.